The largest absolute Gasteiger partial charge is 0.381 e. The summed E-state index contributed by atoms with van der Waals surface area (Å²) in [6.07, 6.45) is 9.78. The van der Waals surface area contributed by atoms with E-state index in [0.29, 0.717) is 12.0 Å². The van der Waals surface area contributed by atoms with E-state index >= 15 is 0 Å². The van der Waals surface area contributed by atoms with Crippen molar-refractivity contribution in [3.8, 4) is 11.1 Å². The standard InChI is InChI=1S/C25H31NO/c1-17-9-11-18(12-10-17)20-13-14-23-22(16-20)25-21(8-5-15-27-25)24(26-23)19-6-3-2-4-7-19/h9-14,16,19,21,24-26H,2-8,15H2,1H3/t21-,24?,25-/m0/s1. The van der Waals surface area contributed by atoms with Gasteiger partial charge in [-0.25, -0.2) is 0 Å². The number of nitrogens with one attached hydrogen (secondary N) is 1. The molecule has 1 saturated carbocycles. The topological polar surface area (TPSA) is 21.3 Å². The van der Waals surface area contributed by atoms with Crippen molar-refractivity contribution in [3.63, 3.8) is 0 Å². The highest BCUT2D eigenvalue weighted by molar-refractivity contribution is 5.70. The smallest absolute Gasteiger partial charge is 0.0892 e. The van der Waals surface area contributed by atoms with Crippen LogP contribution in [0.2, 0.25) is 0 Å². The second-order valence-corrected chi connectivity index (χ2v) is 8.83. The van der Waals surface area contributed by atoms with Gasteiger partial charge in [-0.2, -0.15) is 0 Å². The van der Waals surface area contributed by atoms with Crippen LogP contribution in [0.3, 0.4) is 0 Å². The number of hydrogen-bond acceptors (Lipinski definition) is 2. The maximum absolute atomic E-state index is 6.40. The molecule has 1 unspecified atom stereocenters. The van der Waals surface area contributed by atoms with Crippen LogP contribution in [-0.2, 0) is 4.74 Å². The predicted molar refractivity (Wildman–Crippen MR) is 112 cm³/mol. The fourth-order valence-corrected chi connectivity index (χ4v) is 5.60. The monoisotopic (exact) mass is 361 g/mol. The summed E-state index contributed by atoms with van der Waals surface area (Å²) in [5, 5.41) is 3.97. The molecule has 0 amide bonds. The van der Waals surface area contributed by atoms with Gasteiger partial charge in [0.25, 0.3) is 0 Å². The molecule has 2 nitrogen and oxygen atoms in total. The van der Waals surface area contributed by atoms with Crippen molar-refractivity contribution < 1.29 is 4.74 Å². The van der Waals surface area contributed by atoms with Gasteiger partial charge in [0.05, 0.1) is 6.10 Å². The summed E-state index contributed by atoms with van der Waals surface area (Å²) in [6, 6.07) is 16.4. The van der Waals surface area contributed by atoms with Gasteiger partial charge in [0.1, 0.15) is 0 Å². The fraction of sp³-hybridized carbons (Fsp3) is 0.520. The molecule has 27 heavy (non-hydrogen) atoms. The first-order chi connectivity index (χ1) is 13.3. The lowest BCUT2D eigenvalue weighted by atomic mass is 9.71. The van der Waals surface area contributed by atoms with Crippen LogP contribution in [0.4, 0.5) is 5.69 Å². The van der Waals surface area contributed by atoms with E-state index in [-0.39, 0.29) is 6.10 Å². The molecular formula is C25H31NO. The van der Waals surface area contributed by atoms with E-state index in [9.17, 15) is 0 Å². The van der Waals surface area contributed by atoms with Gasteiger partial charge in [-0.1, -0.05) is 55.2 Å². The molecule has 3 atom stereocenters. The summed E-state index contributed by atoms with van der Waals surface area (Å²) in [6.45, 7) is 3.05. The third-order valence-electron chi connectivity index (χ3n) is 7.05. The average Bonchev–Trinajstić information content (AvgIpc) is 2.74. The van der Waals surface area contributed by atoms with Crippen LogP contribution in [0.15, 0.2) is 42.5 Å². The van der Waals surface area contributed by atoms with E-state index in [2.05, 4.69) is 54.7 Å². The van der Waals surface area contributed by atoms with E-state index in [1.165, 1.54) is 72.9 Å². The molecule has 0 radical (unpaired) electrons. The van der Waals surface area contributed by atoms with Gasteiger partial charge < -0.3 is 10.1 Å². The second kappa shape index (κ2) is 7.31. The first-order valence-corrected chi connectivity index (χ1v) is 10.9. The lowest BCUT2D eigenvalue weighted by Crippen LogP contribution is -2.46. The molecule has 0 spiro atoms. The zero-order valence-electron chi connectivity index (χ0n) is 16.4. The summed E-state index contributed by atoms with van der Waals surface area (Å²) in [7, 11) is 0. The molecule has 2 fully saturated rings. The first-order valence-electron chi connectivity index (χ1n) is 10.9. The first kappa shape index (κ1) is 17.3. The molecule has 2 aromatic carbocycles. The zero-order valence-corrected chi connectivity index (χ0v) is 16.4. The Hall–Kier alpha value is -1.80. The van der Waals surface area contributed by atoms with Crippen LogP contribution in [0.5, 0.6) is 0 Å². The molecule has 2 aromatic rings. The van der Waals surface area contributed by atoms with E-state index < -0.39 is 0 Å². The zero-order chi connectivity index (χ0) is 18.2. The molecule has 2 heteroatoms. The maximum atomic E-state index is 6.40. The minimum atomic E-state index is 0.271. The third-order valence-corrected chi connectivity index (χ3v) is 7.05. The molecular weight excluding hydrogens is 330 g/mol. The Morgan fingerprint density at radius 2 is 1.63 bits per heavy atom. The van der Waals surface area contributed by atoms with E-state index in [1.807, 2.05) is 0 Å². The van der Waals surface area contributed by atoms with E-state index in [0.717, 1.165) is 12.5 Å². The number of hydrogen-bond donors (Lipinski definition) is 1. The summed E-state index contributed by atoms with van der Waals surface area (Å²) < 4.78 is 6.40. The van der Waals surface area contributed by atoms with Gasteiger partial charge in [0.2, 0.25) is 0 Å². The highest BCUT2D eigenvalue weighted by Crippen LogP contribution is 2.48. The van der Waals surface area contributed by atoms with Crippen LogP contribution in [0.1, 0.15) is 62.2 Å². The summed E-state index contributed by atoms with van der Waals surface area (Å²) >= 11 is 0. The molecule has 3 aliphatic rings. The van der Waals surface area contributed by atoms with Crippen LogP contribution in [0.25, 0.3) is 11.1 Å². The van der Waals surface area contributed by atoms with Gasteiger partial charge in [-0.05, 0) is 61.8 Å². The SMILES string of the molecule is Cc1ccc(-c2ccc3c(c2)[C@H]2OCCC[C@H]2C(C2CCCCC2)N3)cc1. The highest BCUT2D eigenvalue weighted by Gasteiger charge is 2.42. The number of rotatable bonds is 2. The highest BCUT2D eigenvalue weighted by atomic mass is 16.5. The van der Waals surface area contributed by atoms with Crippen molar-refractivity contribution in [3.05, 3.63) is 53.6 Å². The lowest BCUT2D eigenvalue weighted by Gasteiger charge is -2.47. The Bertz CT molecular complexity index is 790. The van der Waals surface area contributed by atoms with E-state index in [4.69, 9.17) is 4.74 Å². The summed E-state index contributed by atoms with van der Waals surface area (Å²) in [4.78, 5) is 0. The Labute approximate surface area is 163 Å². The minimum Gasteiger partial charge on any atom is -0.381 e. The number of benzene rings is 2. The van der Waals surface area contributed by atoms with Gasteiger partial charge >= 0.3 is 0 Å². The number of ether oxygens (including phenoxy) is 1. The molecule has 0 aromatic heterocycles. The number of anilines is 1. The van der Waals surface area contributed by atoms with Crippen molar-refractivity contribution in [2.45, 2.75) is 64.0 Å². The van der Waals surface area contributed by atoms with Crippen molar-refractivity contribution >= 4 is 5.69 Å². The summed E-state index contributed by atoms with van der Waals surface area (Å²) in [5.41, 5.74) is 6.60. The van der Waals surface area contributed by atoms with Gasteiger partial charge in [0, 0.05) is 29.8 Å². The molecule has 2 aliphatic heterocycles. The fourth-order valence-electron chi connectivity index (χ4n) is 5.60. The Kier molecular flexibility index (Phi) is 4.69. The Morgan fingerprint density at radius 1 is 0.852 bits per heavy atom. The number of fused-ring (bicyclic) bond motifs is 3. The van der Waals surface area contributed by atoms with Crippen molar-refractivity contribution in [1.82, 2.24) is 0 Å². The Balaban J connectivity index is 1.50. The molecule has 5 rings (SSSR count). The average molecular weight is 362 g/mol. The van der Waals surface area contributed by atoms with Crippen molar-refractivity contribution in [2.24, 2.45) is 11.8 Å². The molecule has 2 heterocycles. The Morgan fingerprint density at radius 3 is 2.44 bits per heavy atom. The predicted octanol–water partition coefficient (Wildman–Crippen LogP) is 6.50. The van der Waals surface area contributed by atoms with Crippen LogP contribution < -0.4 is 5.32 Å². The summed E-state index contributed by atoms with van der Waals surface area (Å²) in [5.74, 6) is 1.44. The molecule has 1 aliphatic carbocycles. The maximum Gasteiger partial charge on any atom is 0.0892 e. The quantitative estimate of drug-likeness (QED) is 0.659. The van der Waals surface area contributed by atoms with Crippen LogP contribution in [0, 0.1) is 18.8 Å². The second-order valence-electron chi connectivity index (χ2n) is 8.83. The van der Waals surface area contributed by atoms with Crippen LogP contribution >= 0.6 is 0 Å². The molecule has 1 saturated heterocycles. The minimum absolute atomic E-state index is 0.271. The lowest BCUT2D eigenvalue weighted by molar-refractivity contribution is -0.0457. The van der Waals surface area contributed by atoms with Crippen molar-refractivity contribution in [2.75, 3.05) is 11.9 Å². The molecule has 0 bridgehead atoms. The van der Waals surface area contributed by atoms with E-state index in [1.54, 1.807) is 0 Å². The molecule has 1 N–H and O–H groups in total. The van der Waals surface area contributed by atoms with Crippen LogP contribution in [-0.4, -0.2) is 12.6 Å². The number of aryl methyl sites for hydroxylation is 1. The third kappa shape index (κ3) is 3.29. The molecule has 142 valence electrons. The van der Waals surface area contributed by atoms with Gasteiger partial charge in [0.15, 0.2) is 0 Å². The van der Waals surface area contributed by atoms with Crippen molar-refractivity contribution in [1.29, 1.82) is 0 Å². The normalized spacial score (nSPS) is 28.1. The van der Waals surface area contributed by atoms with Gasteiger partial charge in [-0.15, -0.1) is 0 Å². The van der Waals surface area contributed by atoms with Gasteiger partial charge in [-0.3, -0.25) is 0 Å².